The van der Waals surface area contributed by atoms with Crippen LogP contribution in [0.5, 0.6) is 23.0 Å². The van der Waals surface area contributed by atoms with Crippen molar-refractivity contribution in [3.63, 3.8) is 0 Å². The standard InChI is InChI=1S/C27H28FNO4S/c28-24-22(31)11-12-23-27(24)34-26(19-5-4-6-20(30)17-19)25(33-23)18-7-9-21(10-8-18)32-16-15-29-13-2-1-3-14-29/h4-12,17,25-26,30-31H,1-3,13-16H2/t25-,26+/m0/s1. The normalized spacial score (nSPS) is 20.4. The number of aromatic hydroxyl groups is 2. The summed E-state index contributed by atoms with van der Waals surface area (Å²) in [5.41, 5.74) is 1.73. The van der Waals surface area contributed by atoms with Gasteiger partial charge in [0.1, 0.15) is 30.0 Å². The molecule has 2 N–H and O–H groups in total. The maximum Gasteiger partial charge on any atom is 0.182 e. The van der Waals surface area contributed by atoms with Crippen LogP contribution in [0.2, 0.25) is 0 Å². The van der Waals surface area contributed by atoms with Crippen molar-refractivity contribution >= 4 is 11.8 Å². The predicted octanol–water partition coefficient (Wildman–Crippen LogP) is 6.07. The molecule has 0 aromatic heterocycles. The number of hydrogen-bond acceptors (Lipinski definition) is 6. The molecule has 2 atom stereocenters. The van der Waals surface area contributed by atoms with Crippen LogP contribution in [0, 0.1) is 5.82 Å². The highest BCUT2D eigenvalue weighted by atomic mass is 32.2. The van der Waals surface area contributed by atoms with E-state index in [1.165, 1.54) is 37.1 Å². The molecule has 7 heteroatoms. The van der Waals surface area contributed by atoms with Gasteiger partial charge in [-0.25, -0.2) is 4.39 Å². The minimum atomic E-state index is -0.691. The monoisotopic (exact) mass is 481 g/mol. The fraction of sp³-hybridized carbons (Fsp3) is 0.333. The Morgan fingerprint density at radius 3 is 2.53 bits per heavy atom. The molecule has 0 bridgehead atoms. The Labute approximate surface area is 203 Å². The van der Waals surface area contributed by atoms with E-state index < -0.39 is 17.7 Å². The number of thioether (sulfide) groups is 1. The number of fused-ring (bicyclic) bond motifs is 1. The highest BCUT2D eigenvalue weighted by Gasteiger charge is 2.35. The molecule has 0 aliphatic carbocycles. The zero-order valence-electron chi connectivity index (χ0n) is 18.8. The first-order valence-electron chi connectivity index (χ1n) is 11.7. The van der Waals surface area contributed by atoms with Crippen LogP contribution in [-0.4, -0.2) is 41.4 Å². The van der Waals surface area contributed by atoms with Crippen molar-refractivity contribution in [2.75, 3.05) is 26.2 Å². The van der Waals surface area contributed by atoms with Gasteiger partial charge >= 0.3 is 0 Å². The fourth-order valence-corrected chi connectivity index (χ4v) is 5.85. The van der Waals surface area contributed by atoms with E-state index in [9.17, 15) is 14.6 Å². The summed E-state index contributed by atoms with van der Waals surface area (Å²) in [5, 5.41) is 19.5. The molecular weight excluding hydrogens is 453 g/mol. The molecule has 1 fully saturated rings. The minimum absolute atomic E-state index is 0.136. The molecule has 3 aromatic rings. The molecule has 5 nitrogen and oxygen atoms in total. The number of rotatable bonds is 6. The van der Waals surface area contributed by atoms with Gasteiger partial charge in [-0.15, -0.1) is 11.8 Å². The smallest absolute Gasteiger partial charge is 0.182 e. The maximum absolute atomic E-state index is 14.7. The second-order valence-corrected chi connectivity index (χ2v) is 9.87. The van der Waals surface area contributed by atoms with Crippen LogP contribution in [-0.2, 0) is 0 Å². The van der Waals surface area contributed by atoms with Gasteiger partial charge < -0.3 is 19.7 Å². The van der Waals surface area contributed by atoms with Gasteiger partial charge in [-0.3, -0.25) is 4.90 Å². The number of hydrogen-bond donors (Lipinski definition) is 2. The molecule has 0 spiro atoms. The number of halogens is 1. The molecule has 178 valence electrons. The molecule has 0 radical (unpaired) electrons. The van der Waals surface area contributed by atoms with E-state index >= 15 is 0 Å². The van der Waals surface area contributed by atoms with E-state index in [1.54, 1.807) is 24.3 Å². The summed E-state index contributed by atoms with van der Waals surface area (Å²) < 4.78 is 26.9. The van der Waals surface area contributed by atoms with Crippen molar-refractivity contribution in [3.05, 3.63) is 77.6 Å². The van der Waals surface area contributed by atoms with E-state index in [1.807, 2.05) is 30.3 Å². The van der Waals surface area contributed by atoms with E-state index in [2.05, 4.69) is 4.90 Å². The van der Waals surface area contributed by atoms with E-state index in [0.717, 1.165) is 36.5 Å². The first-order valence-corrected chi connectivity index (χ1v) is 12.6. The van der Waals surface area contributed by atoms with Gasteiger partial charge in [0.05, 0.1) is 10.1 Å². The highest BCUT2D eigenvalue weighted by molar-refractivity contribution is 7.99. The summed E-state index contributed by atoms with van der Waals surface area (Å²) in [7, 11) is 0. The number of benzene rings is 3. The van der Waals surface area contributed by atoms with Crippen LogP contribution in [0.15, 0.2) is 65.6 Å². The highest BCUT2D eigenvalue weighted by Crippen LogP contribution is 2.55. The molecule has 1 saturated heterocycles. The molecule has 0 amide bonds. The Balaban J connectivity index is 1.35. The molecule has 0 unspecified atom stereocenters. The third-order valence-electron chi connectivity index (χ3n) is 6.35. The first kappa shape index (κ1) is 22.9. The van der Waals surface area contributed by atoms with Crippen molar-refractivity contribution in [1.29, 1.82) is 0 Å². The van der Waals surface area contributed by atoms with E-state index in [0.29, 0.717) is 12.4 Å². The average Bonchev–Trinajstić information content (AvgIpc) is 2.87. The Kier molecular flexibility index (Phi) is 6.83. The molecule has 2 aliphatic heterocycles. The number of nitrogens with zero attached hydrogens (tertiary/aromatic N) is 1. The van der Waals surface area contributed by atoms with Crippen LogP contribution < -0.4 is 9.47 Å². The van der Waals surface area contributed by atoms with Crippen molar-refractivity contribution < 1.29 is 24.1 Å². The molecule has 5 rings (SSSR count). The summed E-state index contributed by atoms with van der Waals surface area (Å²) in [6.07, 6.45) is 3.44. The minimum Gasteiger partial charge on any atom is -0.508 e. The number of ether oxygens (including phenoxy) is 2. The second-order valence-electron chi connectivity index (χ2n) is 8.72. The molecule has 34 heavy (non-hydrogen) atoms. The summed E-state index contributed by atoms with van der Waals surface area (Å²) >= 11 is 1.29. The Bertz CT molecular complexity index is 1130. The Morgan fingerprint density at radius 2 is 1.76 bits per heavy atom. The maximum atomic E-state index is 14.7. The van der Waals surface area contributed by atoms with E-state index in [-0.39, 0.29) is 15.9 Å². The lowest BCUT2D eigenvalue weighted by Crippen LogP contribution is -2.33. The van der Waals surface area contributed by atoms with Crippen LogP contribution >= 0.6 is 11.8 Å². The summed E-state index contributed by atoms with van der Waals surface area (Å²) in [6.45, 7) is 3.88. The lowest BCUT2D eigenvalue weighted by Gasteiger charge is -2.34. The van der Waals surface area contributed by atoms with Gasteiger partial charge in [0.2, 0.25) is 0 Å². The fourth-order valence-electron chi connectivity index (χ4n) is 4.53. The third kappa shape index (κ3) is 4.95. The Hall–Kier alpha value is -2.90. The largest absolute Gasteiger partial charge is 0.508 e. The van der Waals surface area contributed by atoms with Gasteiger partial charge in [0, 0.05) is 6.54 Å². The Morgan fingerprint density at radius 1 is 0.971 bits per heavy atom. The summed E-state index contributed by atoms with van der Waals surface area (Å²) in [5.74, 6) is 0.229. The zero-order valence-corrected chi connectivity index (χ0v) is 19.6. The van der Waals surface area contributed by atoms with Gasteiger partial charge in [0.15, 0.2) is 11.6 Å². The topological polar surface area (TPSA) is 62.2 Å². The quantitative estimate of drug-likeness (QED) is 0.446. The number of phenolic OH excluding ortho intramolecular Hbond substituents is 2. The molecule has 0 saturated carbocycles. The summed E-state index contributed by atoms with van der Waals surface area (Å²) in [6, 6.07) is 17.6. The van der Waals surface area contributed by atoms with E-state index in [4.69, 9.17) is 9.47 Å². The van der Waals surface area contributed by atoms with Crippen LogP contribution in [0.25, 0.3) is 0 Å². The van der Waals surface area contributed by atoms with Crippen molar-refractivity contribution in [2.45, 2.75) is 35.5 Å². The predicted molar refractivity (Wildman–Crippen MR) is 130 cm³/mol. The van der Waals surface area contributed by atoms with Crippen LogP contribution in [0.4, 0.5) is 4.39 Å². The van der Waals surface area contributed by atoms with Gasteiger partial charge in [-0.2, -0.15) is 0 Å². The van der Waals surface area contributed by atoms with Gasteiger partial charge in [0.25, 0.3) is 0 Å². The number of phenols is 2. The third-order valence-corrected chi connectivity index (χ3v) is 7.74. The molecule has 3 aromatic carbocycles. The van der Waals surface area contributed by atoms with Crippen LogP contribution in [0.1, 0.15) is 41.7 Å². The van der Waals surface area contributed by atoms with Crippen molar-refractivity contribution in [2.24, 2.45) is 0 Å². The van der Waals surface area contributed by atoms with Crippen molar-refractivity contribution in [3.8, 4) is 23.0 Å². The molecular formula is C27H28FNO4S. The van der Waals surface area contributed by atoms with Crippen LogP contribution in [0.3, 0.4) is 0 Å². The number of piperidine rings is 1. The SMILES string of the molecule is Oc1cccc([C@H]2Sc3c(ccc(O)c3F)O[C@H]2c2ccc(OCCN3CCCCC3)cc2)c1. The lowest BCUT2D eigenvalue weighted by molar-refractivity contribution is 0.182. The average molecular weight is 482 g/mol. The first-order chi connectivity index (χ1) is 16.6. The second kappa shape index (κ2) is 10.2. The molecule has 2 aliphatic rings. The number of likely N-dealkylation sites (tertiary alicyclic amines) is 1. The van der Waals surface area contributed by atoms with Crippen molar-refractivity contribution in [1.82, 2.24) is 4.90 Å². The molecule has 2 heterocycles. The lowest BCUT2D eigenvalue weighted by atomic mass is 9.99. The zero-order chi connectivity index (χ0) is 23.5. The van der Waals surface area contributed by atoms with Gasteiger partial charge in [-0.1, -0.05) is 30.7 Å². The van der Waals surface area contributed by atoms with Gasteiger partial charge in [-0.05, 0) is 73.5 Å². The summed E-state index contributed by atoms with van der Waals surface area (Å²) in [4.78, 5) is 2.71.